The first-order valence-electron chi connectivity index (χ1n) is 9.25. The van der Waals surface area contributed by atoms with Gasteiger partial charge in [0.25, 0.3) is 5.91 Å². The zero-order valence-corrected chi connectivity index (χ0v) is 18.1. The van der Waals surface area contributed by atoms with Crippen molar-refractivity contribution in [2.45, 2.75) is 57.1 Å². The third-order valence-corrected chi connectivity index (χ3v) is 5.70. The van der Waals surface area contributed by atoms with Crippen molar-refractivity contribution in [1.29, 1.82) is 0 Å². The lowest BCUT2D eigenvalue weighted by atomic mass is 9.87. The molecule has 28 heavy (non-hydrogen) atoms. The molecule has 2 aromatic rings. The molecule has 5 nitrogen and oxygen atoms in total. The third kappa shape index (κ3) is 5.83. The number of carbonyl (C=O) groups is 1. The molecular formula is C22H29NO4S. The maximum absolute atomic E-state index is 12.5. The number of hydrogen-bond acceptors (Lipinski definition) is 4. The molecule has 0 aliphatic heterocycles. The predicted octanol–water partition coefficient (Wildman–Crippen LogP) is 4.03. The maximum atomic E-state index is 12.5. The Kier molecular flexibility index (Phi) is 6.55. The van der Waals surface area contributed by atoms with Gasteiger partial charge in [-0.2, -0.15) is 0 Å². The summed E-state index contributed by atoms with van der Waals surface area (Å²) in [5.41, 5.74) is 2.08. The Balaban J connectivity index is 1.98. The average Bonchev–Trinajstić information content (AvgIpc) is 2.60. The van der Waals surface area contributed by atoms with E-state index < -0.39 is 15.9 Å². The number of carbonyl (C=O) groups excluding carboxylic acids is 1. The molecule has 0 aromatic heterocycles. The second-order valence-electron chi connectivity index (χ2n) is 8.11. The summed E-state index contributed by atoms with van der Waals surface area (Å²) in [6.45, 7) is 9.97. The predicted molar refractivity (Wildman–Crippen MR) is 111 cm³/mol. The van der Waals surface area contributed by atoms with Gasteiger partial charge in [-0.15, -0.1) is 0 Å². The van der Waals surface area contributed by atoms with Gasteiger partial charge in [-0.3, -0.25) is 4.79 Å². The number of ether oxygens (including phenoxy) is 1. The van der Waals surface area contributed by atoms with E-state index in [1.54, 1.807) is 31.2 Å². The van der Waals surface area contributed by atoms with Gasteiger partial charge >= 0.3 is 0 Å². The van der Waals surface area contributed by atoms with Crippen molar-refractivity contribution in [3.63, 3.8) is 0 Å². The molecule has 2 aromatic carbocycles. The van der Waals surface area contributed by atoms with Crippen LogP contribution < -0.4 is 10.1 Å². The molecule has 0 radical (unpaired) electrons. The Morgan fingerprint density at radius 3 is 1.96 bits per heavy atom. The molecule has 0 bridgehead atoms. The van der Waals surface area contributed by atoms with Crippen LogP contribution in [0, 0.1) is 0 Å². The minimum Gasteiger partial charge on any atom is -0.481 e. The monoisotopic (exact) mass is 403 g/mol. The van der Waals surface area contributed by atoms with Crippen LogP contribution in [0.1, 0.15) is 51.8 Å². The van der Waals surface area contributed by atoms with Crippen molar-refractivity contribution < 1.29 is 17.9 Å². The van der Waals surface area contributed by atoms with Crippen molar-refractivity contribution in [2.24, 2.45) is 0 Å². The molecule has 2 rings (SSSR count). The highest BCUT2D eigenvalue weighted by molar-refractivity contribution is 7.90. The van der Waals surface area contributed by atoms with Crippen molar-refractivity contribution >= 4 is 15.7 Å². The molecule has 6 heteroatoms. The van der Waals surface area contributed by atoms with Crippen molar-refractivity contribution in [2.75, 3.05) is 6.26 Å². The van der Waals surface area contributed by atoms with Gasteiger partial charge in [-0.1, -0.05) is 45.0 Å². The number of rotatable bonds is 6. The Hall–Kier alpha value is -2.34. The van der Waals surface area contributed by atoms with Crippen LogP contribution in [0.25, 0.3) is 0 Å². The van der Waals surface area contributed by atoms with Gasteiger partial charge in [0.05, 0.1) is 10.9 Å². The van der Waals surface area contributed by atoms with Gasteiger partial charge in [-0.25, -0.2) is 8.42 Å². The standard InChI is InChI=1S/C22H29NO4S/c1-15(17-7-13-20(14-8-17)28(6,25)26)23-21(24)16(2)27-19-11-9-18(10-12-19)22(3,4)5/h7-16H,1-6H3,(H,23,24)/t15-,16-/m1/s1. The Morgan fingerprint density at radius 2 is 1.50 bits per heavy atom. The molecule has 0 aliphatic carbocycles. The van der Waals surface area contributed by atoms with Crippen LogP contribution in [0.3, 0.4) is 0 Å². The molecule has 0 heterocycles. The lowest BCUT2D eigenvalue weighted by Crippen LogP contribution is -2.37. The fourth-order valence-corrected chi connectivity index (χ4v) is 3.34. The normalized spacial score (nSPS) is 14.2. The summed E-state index contributed by atoms with van der Waals surface area (Å²) < 4.78 is 28.8. The van der Waals surface area contributed by atoms with E-state index >= 15 is 0 Å². The fourth-order valence-electron chi connectivity index (χ4n) is 2.71. The largest absolute Gasteiger partial charge is 0.481 e. The van der Waals surface area contributed by atoms with E-state index in [-0.39, 0.29) is 22.3 Å². The van der Waals surface area contributed by atoms with E-state index in [4.69, 9.17) is 4.74 Å². The quantitative estimate of drug-likeness (QED) is 0.790. The van der Waals surface area contributed by atoms with Crippen LogP contribution in [-0.4, -0.2) is 26.7 Å². The van der Waals surface area contributed by atoms with Crippen LogP contribution in [0.4, 0.5) is 0 Å². The summed E-state index contributed by atoms with van der Waals surface area (Å²) in [5.74, 6) is 0.403. The van der Waals surface area contributed by atoms with Crippen molar-refractivity contribution in [3.8, 4) is 5.75 Å². The van der Waals surface area contributed by atoms with Gasteiger partial charge in [-0.05, 0) is 54.7 Å². The molecule has 0 aliphatic rings. The van der Waals surface area contributed by atoms with Crippen LogP contribution in [0.2, 0.25) is 0 Å². The van der Waals surface area contributed by atoms with Crippen LogP contribution in [0.15, 0.2) is 53.4 Å². The lowest BCUT2D eigenvalue weighted by Gasteiger charge is -2.21. The first-order chi connectivity index (χ1) is 12.9. The smallest absolute Gasteiger partial charge is 0.261 e. The number of amides is 1. The zero-order chi connectivity index (χ0) is 21.1. The van der Waals surface area contributed by atoms with Crippen molar-refractivity contribution in [3.05, 3.63) is 59.7 Å². The second kappa shape index (κ2) is 8.35. The molecule has 0 saturated heterocycles. The van der Waals surface area contributed by atoms with E-state index in [0.717, 1.165) is 5.56 Å². The summed E-state index contributed by atoms with van der Waals surface area (Å²) >= 11 is 0. The highest BCUT2D eigenvalue weighted by atomic mass is 32.2. The number of nitrogens with one attached hydrogen (secondary N) is 1. The van der Waals surface area contributed by atoms with E-state index in [0.29, 0.717) is 5.75 Å². The van der Waals surface area contributed by atoms with E-state index in [2.05, 4.69) is 26.1 Å². The second-order valence-corrected chi connectivity index (χ2v) is 10.1. The third-order valence-electron chi connectivity index (χ3n) is 4.57. The number of benzene rings is 2. The molecule has 0 unspecified atom stereocenters. The average molecular weight is 404 g/mol. The molecule has 2 atom stereocenters. The van der Waals surface area contributed by atoms with E-state index in [9.17, 15) is 13.2 Å². The highest BCUT2D eigenvalue weighted by Crippen LogP contribution is 2.25. The number of sulfone groups is 1. The molecular weight excluding hydrogens is 374 g/mol. The molecule has 0 spiro atoms. The summed E-state index contributed by atoms with van der Waals surface area (Å²) in [6, 6.07) is 14.0. The minimum absolute atomic E-state index is 0.0591. The first-order valence-corrected chi connectivity index (χ1v) is 11.1. The lowest BCUT2D eigenvalue weighted by molar-refractivity contribution is -0.127. The van der Waals surface area contributed by atoms with E-state index in [1.807, 2.05) is 31.2 Å². The van der Waals surface area contributed by atoms with Gasteiger partial charge in [0.15, 0.2) is 15.9 Å². The number of hydrogen-bond donors (Lipinski definition) is 1. The zero-order valence-electron chi connectivity index (χ0n) is 17.3. The van der Waals surface area contributed by atoms with Gasteiger partial charge in [0.2, 0.25) is 0 Å². The molecule has 1 amide bonds. The van der Waals surface area contributed by atoms with Crippen LogP contribution in [0.5, 0.6) is 5.75 Å². The summed E-state index contributed by atoms with van der Waals surface area (Å²) in [7, 11) is -3.24. The Morgan fingerprint density at radius 1 is 0.964 bits per heavy atom. The maximum Gasteiger partial charge on any atom is 0.261 e. The minimum atomic E-state index is -3.24. The van der Waals surface area contributed by atoms with E-state index in [1.165, 1.54) is 11.8 Å². The Bertz CT molecular complexity index is 911. The molecule has 0 fully saturated rings. The molecule has 0 saturated carbocycles. The SMILES string of the molecule is C[C@@H](Oc1ccc(C(C)(C)C)cc1)C(=O)N[C@H](C)c1ccc(S(C)(=O)=O)cc1. The fraction of sp³-hybridized carbons (Fsp3) is 0.409. The van der Waals surface area contributed by atoms with Gasteiger partial charge < -0.3 is 10.1 Å². The Labute approximate surface area is 168 Å². The van der Waals surface area contributed by atoms with Crippen LogP contribution >= 0.6 is 0 Å². The summed E-state index contributed by atoms with van der Waals surface area (Å²) in [6.07, 6.45) is 0.513. The topological polar surface area (TPSA) is 72.5 Å². The van der Waals surface area contributed by atoms with Crippen LogP contribution in [-0.2, 0) is 20.0 Å². The van der Waals surface area contributed by atoms with Gasteiger partial charge in [0, 0.05) is 6.26 Å². The first kappa shape index (κ1) is 22.0. The molecule has 152 valence electrons. The van der Waals surface area contributed by atoms with Gasteiger partial charge in [0.1, 0.15) is 5.75 Å². The van der Waals surface area contributed by atoms with Crippen molar-refractivity contribution in [1.82, 2.24) is 5.32 Å². The molecule has 1 N–H and O–H groups in total. The summed E-state index contributed by atoms with van der Waals surface area (Å²) in [5, 5.41) is 2.90. The summed E-state index contributed by atoms with van der Waals surface area (Å²) in [4.78, 5) is 12.7. The highest BCUT2D eigenvalue weighted by Gasteiger charge is 2.19.